The van der Waals surface area contributed by atoms with Crippen molar-refractivity contribution in [2.24, 2.45) is 0 Å². The fraction of sp³-hybridized carbons (Fsp3) is 0.286. The van der Waals surface area contributed by atoms with E-state index in [1.54, 1.807) is 13.2 Å². The van der Waals surface area contributed by atoms with Gasteiger partial charge in [0.1, 0.15) is 5.75 Å². The summed E-state index contributed by atoms with van der Waals surface area (Å²) in [7, 11) is 1.59. The second-order valence-corrected chi connectivity index (χ2v) is 8.84. The number of ether oxygens (including phenoxy) is 1. The minimum absolute atomic E-state index is 0.0435. The molecule has 0 unspecified atom stereocenters. The van der Waals surface area contributed by atoms with Crippen molar-refractivity contribution in [2.75, 3.05) is 7.11 Å². The Bertz CT molecular complexity index is 1260. The molecule has 5 nitrogen and oxygen atoms in total. The predicted molar refractivity (Wildman–Crippen MR) is 129 cm³/mol. The number of carboxylic acid groups (broad SMARTS) is 1. The van der Waals surface area contributed by atoms with Crippen LogP contribution in [0, 0.1) is 27.7 Å². The summed E-state index contributed by atoms with van der Waals surface area (Å²) < 4.78 is 5.32. The quantitative estimate of drug-likeness (QED) is 0.575. The van der Waals surface area contributed by atoms with Gasteiger partial charge in [-0.1, -0.05) is 35.9 Å². The van der Waals surface area contributed by atoms with Crippen LogP contribution in [0.25, 0.3) is 11.1 Å². The maximum Gasteiger partial charge on any atom is 0.307 e. The molecule has 0 atom stereocenters. The van der Waals surface area contributed by atoms with Crippen LogP contribution in [0.1, 0.15) is 49.3 Å². The molecule has 0 bridgehead atoms. The molecule has 0 fully saturated rings. The lowest BCUT2D eigenvalue weighted by atomic mass is 9.84. The Balaban J connectivity index is 1.80. The van der Waals surface area contributed by atoms with Gasteiger partial charge in [-0.25, -0.2) is 0 Å². The van der Waals surface area contributed by atoms with E-state index >= 15 is 0 Å². The Kier molecular flexibility index (Phi) is 5.98. The average molecular weight is 444 g/mol. The van der Waals surface area contributed by atoms with E-state index in [-0.39, 0.29) is 12.3 Å². The molecule has 3 aromatic carbocycles. The van der Waals surface area contributed by atoms with Gasteiger partial charge in [-0.2, -0.15) is 0 Å². The number of hydrogen-bond donors (Lipinski definition) is 1. The summed E-state index contributed by atoms with van der Waals surface area (Å²) in [6.07, 6.45) is -0.0495. The van der Waals surface area contributed by atoms with E-state index in [2.05, 4.69) is 0 Å². The first-order valence-electron chi connectivity index (χ1n) is 11.1. The highest BCUT2D eigenvalue weighted by Gasteiger charge is 2.31. The summed E-state index contributed by atoms with van der Waals surface area (Å²) in [5.41, 5.74) is 9.68. The van der Waals surface area contributed by atoms with Gasteiger partial charge in [0, 0.05) is 18.7 Å². The molecule has 1 amide bonds. The molecular formula is C28H29NO4. The standard InChI is InChI=1S/C28H29NO4/c1-16-6-9-20(10-7-16)27-19(4)25-15-29(14-24(25)18(3)23(27)13-26(30)31)28(32)22-12-21(33-5)11-8-17(22)2/h6-12H,13-15H2,1-5H3,(H,30,31). The van der Waals surface area contributed by atoms with Gasteiger partial charge >= 0.3 is 5.97 Å². The number of amides is 1. The zero-order valence-electron chi connectivity index (χ0n) is 19.8. The number of rotatable bonds is 5. The molecule has 170 valence electrons. The molecule has 3 aromatic rings. The normalized spacial score (nSPS) is 12.6. The van der Waals surface area contributed by atoms with Crippen molar-refractivity contribution < 1.29 is 19.4 Å². The van der Waals surface area contributed by atoms with E-state index in [9.17, 15) is 14.7 Å². The van der Waals surface area contributed by atoms with Crippen molar-refractivity contribution >= 4 is 11.9 Å². The van der Waals surface area contributed by atoms with Crippen LogP contribution in [-0.2, 0) is 24.3 Å². The molecule has 4 rings (SSSR count). The third-order valence-electron chi connectivity index (χ3n) is 6.73. The smallest absolute Gasteiger partial charge is 0.307 e. The van der Waals surface area contributed by atoms with Crippen molar-refractivity contribution in [3.05, 3.63) is 87.0 Å². The van der Waals surface area contributed by atoms with Gasteiger partial charge in [0.05, 0.1) is 13.5 Å². The molecular weight excluding hydrogens is 414 g/mol. The Morgan fingerprint density at radius 1 is 0.939 bits per heavy atom. The van der Waals surface area contributed by atoms with Crippen molar-refractivity contribution in [2.45, 2.75) is 47.2 Å². The fourth-order valence-corrected chi connectivity index (χ4v) is 4.82. The van der Waals surface area contributed by atoms with Gasteiger partial charge in [0.15, 0.2) is 0 Å². The van der Waals surface area contributed by atoms with Gasteiger partial charge in [-0.05, 0) is 84.3 Å². The summed E-state index contributed by atoms with van der Waals surface area (Å²) in [6, 6.07) is 13.7. The number of benzene rings is 3. The second-order valence-electron chi connectivity index (χ2n) is 8.84. The Hall–Kier alpha value is -3.60. The molecule has 33 heavy (non-hydrogen) atoms. The van der Waals surface area contributed by atoms with Gasteiger partial charge in [-0.15, -0.1) is 0 Å². The molecule has 0 aromatic heterocycles. The molecule has 0 radical (unpaired) electrons. The molecule has 0 saturated heterocycles. The lowest BCUT2D eigenvalue weighted by molar-refractivity contribution is -0.136. The van der Waals surface area contributed by atoms with E-state index in [0.29, 0.717) is 24.4 Å². The minimum Gasteiger partial charge on any atom is -0.497 e. The molecule has 0 aliphatic carbocycles. The Morgan fingerprint density at radius 3 is 2.18 bits per heavy atom. The number of carbonyl (C=O) groups excluding carboxylic acids is 1. The molecule has 1 aliphatic rings. The molecule has 5 heteroatoms. The van der Waals surface area contributed by atoms with Gasteiger partial charge in [0.25, 0.3) is 5.91 Å². The fourth-order valence-electron chi connectivity index (χ4n) is 4.82. The van der Waals surface area contributed by atoms with Crippen LogP contribution in [-0.4, -0.2) is 29.0 Å². The van der Waals surface area contributed by atoms with Crippen LogP contribution in [0.3, 0.4) is 0 Å². The predicted octanol–water partition coefficient (Wildman–Crippen LogP) is 5.38. The summed E-state index contributed by atoms with van der Waals surface area (Å²) in [6.45, 7) is 8.96. The van der Waals surface area contributed by atoms with Crippen molar-refractivity contribution in [1.82, 2.24) is 4.90 Å². The summed E-state index contributed by atoms with van der Waals surface area (Å²) in [5, 5.41) is 9.64. The van der Waals surface area contributed by atoms with Crippen LogP contribution in [0.4, 0.5) is 0 Å². The highest BCUT2D eigenvalue weighted by molar-refractivity contribution is 5.96. The molecule has 0 spiro atoms. The minimum atomic E-state index is -0.858. The Labute approximate surface area is 194 Å². The van der Waals surface area contributed by atoms with Gasteiger partial charge < -0.3 is 14.7 Å². The second kappa shape index (κ2) is 8.74. The number of fused-ring (bicyclic) bond motifs is 1. The van der Waals surface area contributed by atoms with Crippen molar-refractivity contribution in [3.63, 3.8) is 0 Å². The number of methoxy groups -OCH3 is 1. The third kappa shape index (κ3) is 4.11. The van der Waals surface area contributed by atoms with Crippen molar-refractivity contribution in [3.8, 4) is 16.9 Å². The highest BCUT2D eigenvalue weighted by Crippen LogP contribution is 2.40. The van der Waals surface area contributed by atoms with E-state index in [1.807, 2.05) is 69.0 Å². The zero-order chi connectivity index (χ0) is 23.9. The third-order valence-corrected chi connectivity index (χ3v) is 6.73. The lowest BCUT2D eigenvalue weighted by Gasteiger charge is -2.19. The maximum atomic E-state index is 13.5. The first-order valence-corrected chi connectivity index (χ1v) is 11.1. The van der Waals surface area contributed by atoms with Crippen LogP contribution in [0.15, 0.2) is 42.5 Å². The monoisotopic (exact) mass is 443 g/mol. The zero-order valence-corrected chi connectivity index (χ0v) is 19.8. The lowest BCUT2D eigenvalue weighted by Crippen LogP contribution is -2.26. The first-order chi connectivity index (χ1) is 15.7. The average Bonchev–Trinajstić information content (AvgIpc) is 3.24. The van der Waals surface area contributed by atoms with E-state index in [4.69, 9.17) is 4.74 Å². The number of carbonyl (C=O) groups is 2. The number of hydrogen-bond acceptors (Lipinski definition) is 3. The SMILES string of the molecule is COc1ccc(C)c(C(=O)N2Cc3c(C)c(CC(=O)O)c(-c4ccc(C)cc4)c(C)c3C2)c1. The Morgan fingerprint density at radius 2 is 1.58 bits per heavy atom. The topological polar surface area (TPSA) is 66.8 Å². The van der Waals surface area contributed by atoms with Gasteiger partial charge in [0.2, 0.25) is 0 Å². The van der Waals surface area contributed by atoms with E-state index in [0.717, 1.165) is 50.1 Å². The van der Waals surface area contributed by atoms with Gasteiger partial charge in [-0.3, -0.25) is 9.59 Å². The summed E-state index contributed by atoms with van der Waals surface area (Å²) in [4.78, 5) is 27.1. The number of carboxylic acids is 1. The molecule has 1 N–H and O–H groups in total. The summed E-state index contributed by atoms with van der Waals surface area (Å²) >= 11 is 0. The van der Waals surface area contributed by atoms with Crippen molar-refractivity contribution in [1.29, 1.82) is 0 Å². The molecule has 0 saturated carbocycles. The number of aryl methyl sites for hydroxylation is 2. The van der Waals surface area contributed by atoms with E-state index in [1.165, 1.54) is 0 Å². The molecule has 1 aliphatic heterocycles. The van der Waals surface area contributed by atoms with Crippen LogP contribution >= 0.6 is 0 Å². The highest BCUT2D eigenvalue weighted by atomic mass is 16.5. The van der Waals surface area contributed by atoms with Crippen LogP contribution in [0.2, 0.25) is 0 Å². The maximum absolute atomic E-state index is 13.5. The number of nitrogens with zero attached hydrogens (tertiary/aromatic N) is 1. The largest absolute Gasteiger partial charge is 0.497 e. The molecule has 1 heterocycles. The number of aliphatic carboxylic acids is 1. The first kappa shape index (κ1) is 22.6. The van der Waals surface area contributed by atoms with Crippen LogP contribution < -0.4 is 4.74 Å². The van der Waals surface area contributed by atoms with Crippen LogP contribution in [0.5, 0.6) is 5.75 Å². The summed E-state index contributed by atoms with van der Waals surface area (Å²) in [5.74, 6) is -0.250. The van der Waals surface area contributed by atoms with E-state index < -0.39 is 5.97 Å².